The van der Waals surface area contributed by atoms with Crippen molar-refractivity contribution < 1.29 is 19.4 Å². The number of ether oxygens (including phenoxy) is 1. The molecule has 1 amide bonds. The fraction of sp³-hybridized carbons (Fsp3) is 0.429. The minimum Gasteiger partial charge on any atom is -0.481 e. The first-order valence-corrected chi connectivity index (χ1v) is 6.77. The van der Waals surface area contributed by atoms with Crippen LogP contribution in [0.4, 0.5) is 0 Å². The zero-order valence-electron chi connectivity index (χ0n) is 10.9. The molecule has 0 spiro atoms. The van der Waals surface area contributed by atoms with Gasteiger partial charge in [0.2, 0.25) is 5.91 Å². The van der Waals surface area contributed by atoms with E-state index in [9.17, 15) is 9.59 Å². The molecule has 1 fully saturated rings. The first-order chi connectivity index (χ1) is 9.58. The number of carbonyl (C=O) groups is 2. The molecule has 20 heavy (non-hydrogen) atoms. The van der Waals surface area contributed by atoms with Gasteiger partial charge in [-0.2, -0.15) is 0 Å². The molecule has 1 aromatic carbocycles. The smallest absolute Gasteiger partial charge is 0.308 e. The molecule has 0 aromatic heterocycles. The topological polar surface area (TPSA) is 66.8 Å². The lowest BCUT2D eigenvalue weighted by Gasteiger charge is -2.15. The number of rotatable bonds is 5. The van der Waals surface area contributed by atoms with E-state index in [0.29, 0.717) is 18.0 Å². The Morgan fingerprint density at radius 2 is 2.15 bits per heavy atom. The predicted molar refractivity (Wildman–Crippen MR) is 73.4 cm³/mol. The van der Waals surface area contributed by atoms with Crippen LogP contribution in [0.25, 0.3) is 0 Å². The summed E-state index contributed by atoms with van der Waals surface area (Å²) >= 11 is 5.98. The number of hydrogen-bond acceptors (Lipinski definition) is 3. The zero-order chi connectivity index (χ0) is 14.5. The fourth-order valence-corrected chi connectivity index (χ4v) is 2.33. The first-order valence-electron chi connectivity index (χ1n) is 6.39. The zero-order valence-corrected chi connectivity index (χ0v) is 11.7. The summed E-state index contributed by atoms with van der Waals surface area (Å²) in [7, 11) is 0. The van der Waals surface area contributed by atoms with E-state index in [-0.39, 0.29) is 25.7 Å². The summed E-state index contributed by atoms with van der Waals surface area (Å²) in [5.41, 5.74) is 0.826. The van der Waals surface area contributed by atoms with E-state index >= 15 is 0 Å². The van der Waals surface area contributed by atoms with E-state index in [1.54, 1.807) is 6.07 Å². The lowest BCUT2D eigenvalue weighted by atomic mass is 10.1. The summed E-state index contributed by atoms with van der Waals surface area (Å²) in [5, 5.41) is 9.49. The van der Waals surface area contributed by atoms with E-state index < -0.39 is 11.9 Å². The summed E-state index contributed by atoms with van der Waals surface area (Å²) < 4.78 is 5.35. The molecular formula is C14H16ClNO4. The molecule has 1 aromatic rings. The molecule has 6 heteroatoms. The Kier molecular flexibility index (Phi) is 4.98. The van der Waals surface area contributed by atoms with Crippen LogP contribution in [0.5, 0.6) is 0 Å². The highest BCUT2D eigenvalue weighted by molar-refractivity contribution is 6.31. The molecule has 0 saturated carbocycles. The summed E-state index contributed by atoms with van der Waals surface area (Å²) in [5.74, 6) is -1.49. The summed E-state index contributed by atoms with van der Waals surface area (Å²) in [6.45, 7) is 0.952. The number of likely N-dealkylation sites (tertiary alicyclic amines) is 1. The van der Waals surface area contributed by atoms with Gasteiger partial charge in [0.15, 0.2) is 0 Å². The van der Waals surface area contributed by atoms with Gasteiger partial charge in [0, 0.05) is 18.1 Å². The molecule has 1 aliphatic rings. The van der Waals surface area contributed by atoms with Gasteiger partial charge in [-0.25, -0.2) is 0 Å². The number of carboxylic acid groups (broad SMARTS) is 1. The molecule has 0 bridgehead atoms. The highest BCUT2D eigenvalue weighted by atomic mass is 35.5. The van der Waals surface area contributed by atoms with Gasteiger partial charge in [0.1, 0.15) is 6.61 Å². The Bertz CT molecular complexity index is 506. The number of amides is 1. The average molecular weight is 298 g/mol. The van der Waals surface area contributed by atoms with Crippen molar-refractivity contribution in [1.29, 1.82) is 0 Å². The van der Waals surface area contributed by atoms with Crippen molar-refractivity contribution in [3.63, 3.8) is 0 Å². The van der Waals surface area contributed by atoms with E-state index in [1.807, 2.05) is 18.2 Å². The summed E-state index contributed by atoms with van der Waals surface area (Å²) in [6, 6.07) is 7.28. The third-order valence-electron chi connectivity index (χ3n) is 3.33. The molecule has 1 saturated heterocycles. The highest BCUT2D eigenvalue weighted by Gasteiger charge is 2.30. The molecule has 1 atom stereocenters. The van der Waals surface area contributed by atoms with Gasteiger partial charge in [-0.15, -0.1) is 0 Å². The Morgan fingerprint density at radius 3 is 2.80 bits per heavy atom. The quantitative estimate of drug-likeness (QED) is 0.900. The predicted octanol–water partition coefficient (Wildman–Crippen LogP) is 1.79. The number of nitrogens with zero attached hydrogens (tertiary/aromatic N) is 1. The van der Waals surface area contributed by atoms with E-state index in [0.717, 1.165) is 5.56 Å². The van der Waals surface area contributed by atoms with Crippen LogP contribution in [0.2, 0.25) is 5.02 Å². The summed E-state index contributed by atoms with van der Waals surface area (Å²) in [6.07, 6.45) is 0.506. The van der Waals surface area contributed by atoms with Crippen LogP contribution in [0, 0.1) is 5.92 Å². The Labute approximate surface area is 122 Å². The molecule has 0 aliphatic carbocycles. The Hall–Kier alpha value is -1.59. The molecule has 108 valence electrons. The van der Waals surface area contributed by atoms with E-state index in [4.69, 9.17) is 21.4 Å². The Morgan fingerprint density at radius 1 is 1.40 bits per heavy atom. The lowest BCUT2D eigenvalue weighted by Crippen LogP contribution is -2.32. The number of carboxylic acids is 1. The average Bonchev–Trinajstić information content (AvgIpc) is 2.91. The fourth-order valence-electron chi connectivity index (χ4n) is 2.14. The maximum atomic E-state index is 11.9. The van der Waals surface area contributed by atoms with Crippen molar-refractivity contribution in [2.45, 2.75) is 13.0 Å². The van der Waals surface area contributed by atoms with Crippen LogP contribution in [-0.2, 0) is 20.9 Å². The first kappa shape index (κ1) is 14.8. The van der Waals surface area contributed by atoms with Crippen LogP contribution < -0.4 is 0 Å². The number of carbonyl (C=O) groups excluding carboxylic acids is 1. The molecule has 5 nitrogen and oxygen atoms in total. The van der Waals surface area contributed by atoms with Crippen molar-refractivity contribution in [3.8, 4) is 0 Å². The van der Waals surface area contributed by atoms with Crippen molar-refractivity contribution in [3.05, 3.63) is 34.9 Å². The number of hydrogen-bond donors (Lipinski definition) is 1. The van der Waals surface area contributed by atoms with Gasteiger partial charge < -0.3 is 14.7 Å². The van der Waals surface area contributed by atoms with Crippen LogP contribution in [0.15, 0.2) is 24.3 Å². The normalized spacial score (nSPS) is 18.2. The standard InChI is InChI=1S/C14H16ClNO4/c15-12-4-2-1-3-11(12)8-20-9-13(17)16-6-5-10(7-16)14(18)19/h1-4,10H,5-9H2,(H,18,19)/t10-/m1/s1. The number of aliphatic carboxylic acids is 1. The van der Waals surface area contributed by atoms with Gasteiger partial charge in [0.25, 0.3) is 0 Å². The largest absolute Gasteiger partial charge is 0.481 e. The third-order valence-corrected chi connectivity index (χ3v) is 3.70. The van der Waals surface area contributed by atoms with Gasteiger partial charge in [-0.1, -0.05) is 29.8 Å². The third kappa shape index (κ3) is 3.71. The van der Waals surface area contributed by atoms with Crippen LogP contribution in [-0.4, -0.2) is 41.6 Å². The minimum atomic E-state index is -0.850. The highest BCUT2D eigenvalue weighted by Crippen LogP contribution is 2.18. The minimum absolute atomic E-state index is 0.0580. The van der Waals surface area contributed by atoms with Crippen molar-refractivity contribution in [2.24, 2.45) is 5.92 Å². The van der Waals surface area contributed by atoms with Crippen molar-refractivity contribution in [1.82, 2.24) is 4.90 Å². The Balaban J connectivity index is 1.76. The lowest BCUT2D eigenvalue weighted by molar-refractivity contribution is -0.141. The number of halogens is 1. The van der Waals surface area contributed by atoms with Gasteiger partial charge in [-0.3, -0.25) is 9.59 Å². The monoisotopic (exact) mass is 297 g/mol. The summed E-state index contributed by atoms with van der Waals surface area (Å²) in [4.78, 5) is 24.2. The molecule has 1 aliphatic heterocycles. The molecule has 1 N–H and O–H groups in total. The maximum absolute atomic E-state index is 11.9. The van der Waals surface area contributed by atoms with Gasteiger partial charge in [0.05, 0.1) is 12.5 Å². The van der Waals surface area contributed by atoms with Crippen molar-refractivity contribution >= 4 is 23.5 Å². The second kappa shape index (κ2) is 6.72. The van der Waals surface area contributed by atoms with Crippen LogP contribution in [0.1, 0.15) is 12.0 Å². The maximum Gasteiger partial charge on any atom is 0.308 e. The molecular weight excluding hydrogens is 282 g/mol. The second-order valence-corrected chi connectivity index (χ2v) is 5.15. The second-order valence-electron chi connectivity index (χ2n) is 4.75. The van der Waals surface area contributed by atoms with E-state index in [1.165, 1.54) is 4.90 Å². The van der Waals surface area contributed by atoms with E-state index in [2.05, 4.69) is 0 Å². The molecule has 0 unspecified atom stereocenters. The number of benzene rings is 1. The SMILES string of the molecule is O=C(O)[C@@H]1CCN(C(=O)COCc2ccccc2Cl)C1. The van der Waals surface area contributed by atoms with Crippen LogP contribution in [0.3, 0.4) is 0 Å². The molecule has 0 radical (unpaired) electrons. The van der Waals surface area contributed by atoms with Gasteiger partial charge in [-0.05, 0) is 18.1 Å². The molecule has 2 rings (SSSR count). The van der Waals surface area contributed by atoms with Gasteiger partial charge >= 0.3 is 5.97 Å². The van der Waals surface area contributed by atoms with Crippen molar-refractivity contribution in [2.75, 3.05) is 19.7 Å². The molecule has 1 heterocycles. The van der Waals surface area contributed by atoms with Crippen LogP contribution >= 0.6 is 11.6 Å².